The van der Waals surface area contributed by atoms with Crippen LogP contribution in [0, 0.1) is 6.92 Å². The lowest BCUT2D eigenvalue weighted by Crippen LogP contribution is -2.43. The average molecular weight is 318 g/mol. The maximum absolute atomic E-state index is 12.4. The van der Waals surface area contributed by atoms with Crippen LogP contribution in [0.1, 0.15) is 44.2 Å². The second-order valence-electron chi connectivity index (χ2n) is 6.33. The molecule has 0 radical (unpaired) electrons. The number of carbonyl (C=O) groups is 2. The second-order valence-corrected chi connectivity index (χ2v) is 6.33. The molecular weight excluding hydrogens is 292 g/mol. The van der Waals surface area contributed by atoms with Gasteiger partial charge < -0.3 is 15.3 Å². The van der Waals surface area contributed by atoms with Crippen LogP contribution in [-0.4, -0.2) is 40.5 Å². The Kier molecular flexibility index (Phi) is 5.77. The topological polar surface area (TPSA) is 69.6 Å². The summed E-state index contributed by atoms with van der Waals surface area (Å²) in [4.78, 5) is 26.2. The minimum absolute atomic E-state index is 0.0440. The molecule has 0 spiro atoms. The number of hydrogen-bond donors (Lipinski definition) is 2. The Labute approximate surface area is 137 Å². The molecule has 2 unspecified atom stereocenters. The molecule has 1 aromatic rings. The van der Waals surface area contributed by atoms with Crippen molar-refractivity contribution >= 4 is 17.5 Å². The summed E-state index contributed by atoms with van der Waals surface area (Å²) >= 11 is 0. The van der Waals surface area contributed by atoms with Crippen LogP contribution >= 0.6 is 0 Å². The van der Waals surface area contributed by atoms with Gasteiger partial charge in [0, 0.05) is 18.3 Å². The second kappa shape index (κ2) is 7.59. The average Bonchev–Trinajstić information content (AvgIpc) is 2.95. The first-order valence-electron chi connectivity index (χ1n) is 8.32. The van der Waals surface area contributed by atoms with E-state index in [-0.39, 0.29) is 6.04 Å². The van der Waals surface area contributed by atoms with Gasteiger partial charge >= 0.3 is 11.8 Å². The highest BCUT2D eigenvalue weighted by atomic mass is 16.3. The van der Waals surface area contributed by atoms with Crippen LogP contribution in [0.5, 0.6) is 0 Å². The van der Waals surface area contributed by atoms with Gasteiger partial charge in [0.1, 0.15) is 0 Å². The standard InChI is InChI=1S/C18H26N2O3/c1-4-14-11-15(8-7-12(14)2)19-17(22)18(23)20-9-5-6-16(20)10-13(3)21/h7-8,11,13,16,21H,4-6,9-10H2,1-3H3,(H,19,22). The Bertz CT molecular complexity index is 584. The number of likely N-dealkylation sites (tertiary alicyclic amines) is 1. The number of aliphatic hydroxyl groups excluding tert-OH is 1. The highest BCUT2D eigenvalue weighted by molar-refractivity contribution is 6.39. The number of hydrogen-bond acceptors (Lipinski definition) is 3. The predicted octanol–water partition coefficient (Wildman–Crippen LogP) is 2.26. The molecule has 2 atom stereocenters. The highest BCUT2D eigenvalue weighted by Crippen LogP contribution is 2.22. The molecule has 0 saturated carbocycles. The third-order valence-electron chi connectivity index (χ3n) is 4.43. The number of anilines is 1. The van der Waals surface area contributed by atoms with Crippen molar-refractivity contribution in [3.63, 3.8) is 0 Å². The van der Waals surface area contributed by atoms with Crippen molar-refractivity contribution in [1.82, 2.24) is 4.90 Å². The lowest BCUT2D eigenvalue weighted by Gasteiger charge is -2.25. The van der Waals surface area contributed by atoms with Crippen molar-refractivity contribution < 1.29 is 14.7 Å². The molecular formula is C18H26N2O3. The number of aliphatic hydroxyl groups is 1. The smallest absolute Gasteiger partial charge is 0.313 e. The number of amides is 2. The monoisotopic (exact) mass is 318 g/mol. The van der Waals surface area contributed by atoms with Gasteiger partial charge in [0.15, 0.2) is 0 Å². The van der Waals surface area contributed by atoms with Crippen LogP contribution < -0.4 is 5.32 Å². The van der Waals surface area contributed by atoms with Gasteiger partial charge in [0.05, 0.1) is 6.10 Å². The van der Waals surface area contributed by atoms with E-state index >= 15 is 0 Å². The molecule has 23 heavy (non-hydrogen) atoms. The highest BCUT2D eigenvalue weighted by Gasteiger charge is 2.33. The number of benzene rings is 1. The summed E-state index contributed by atoms with van der Waals surface area (Å²) in [5.74, 6) is -1.11. The van der Waals surface area contributed by atoms with E-state index in [0.717, 1.165) is 24.8 Å². The number of aryl methyl sites for hydroxylation is 2. The Hall–Kier alpha value is -1.88. The quantitative estimate of drug-likeness (QED) is 0.837. The molecule has 2 rings (SSSR count). The van der Waals surface area contributed by atoms with Gasteiger partial charge in [-0.2, -0.15) is 0 Å². The van der Waals surface area contributed by atoms with E-state index in [1.54, 1.807) is 11.8 Å². The van der Waals surface area contributed by atoms with Crippen molar-refractivity contribution in [2.75, 3.05) is 11.9 Å². The molecule has 0 bridgehead atoms. The molecule has 0 aromatic heterocycles. The fourth-order valence-corrected chi connectivity index (χ4v) is 3.19. The Morgan fingerprint density at radius 2 is 2.17 bits per heavy atom. The lowest BCUT2D eigenvalue weighted by atomic mass is 10.1. The third-order valence-corrected chi connectivity index (χ3v) is 4.43. The van der Waals surface area contributed by atoms with Crippen molar-refractivity contribution in [3.05, 3.63) is 29.3 Å². The summed E-state index contributed by atoms with van der Waals surface area (Å²) in [6, 6.07) is 5.64. The van der Waals surface area contributed by atoms with Crippen LogP contribution in [-0.2, 0) is 16.0 Å². The molecule has 1 aliphatic rings. The van der Waals surface area contributed by atoms with Crippen molar-refractivity contribution in [3.8, 4) is 0 Å². The molecule has 1 heterocycles. The zero-order chi connectivity index (χ0) is 17.0. The van der Waals surface area contributed by atoms with Gasteiger partial charge in [-0.25, -0.2) is 0 Å². The molecule has 1 aliphatic heterocycles. The summed E-state index contributed by atoms with van der Waals surface area (Å²) in [6.45, 7) is 6.38. The van der Waals surface area contributed by atoms with Gasteiger partial charge in [-0.05, 0) is 62.8 Å². The summed E-state index contributed by atoms with van der Waals surface area (Å²) in [6.07, 6.45) is 2.64. The number of carbonyl (C=O) groups excluding carboxylic acids is 2. The molecule has 2 amide bonds. The molecule has 0 aliphatic carbocycles. The zero-order valence-corrected chi connectivity index (χ0v) is 14.1. The van der Waals surface area contributed by atoms with E-state index in [2.05, 4.69) is 12.2 Å². The van der Waals surface area contributed by atoms with E-state index < -0.39 is 17.9 Å². The van der Waals surface area contributed by atoms with E-state index in [1.807, 2.05) is 25.1 Å². The van der Waals surface area contributed by atoms with Crippen LogP contribution in [0.15, 0.2) is 18.2 Å². The first kappa shape index (κ1) is 17.5. The van der Waals surface area contributed by atoms with Crippen LogP contribution in [0.3, 0.4) is 0 Å². The molecule has 2 N–H and O–H groups in total. The maximum atomic E-state index is 12.4. The van der Waals surface area contributed by atoms with Gasteiger partial charge in [0.2, 0.25) is 0 Å². The van der Waals surface area contributed by atoms with E-state index in [1.165, 1.54) is 5.56 Å². The molecule has 126 valence electrons. The van der Waals surface area contributed by atoms with Crippen LogP contribution in [0.2, 0.25) is 0 Å². The normalized spacial score (nSPS) is 18.8. The largest absolute Gasteiger partial charge is 0.393 e. The zero-order valence-electron chi connectivity index (χ0n) is 14.1. The Morgan fingerprint density at radius 1 is 1.43 bits per heavy atom. The summed E-state index contributed by atoms with van der Waals surface area (Å²) in [5, 5.41) is 12.2. The van der Waals surface area contributed by atoms with Gasteiger partial charge in [-0.3, -0.25) is 9.59 Å². The molecule has 1 saturated heterocycles. The van der Waals surface area contributed by atoms with E-state index in [0.29, 0.717) is 18.7 Å². The van der Waals surface area contributed by atoms with E-state index in [9.17, 15) is 14.7 Å². The number of nitrogens with zero attached hydrogens (tertiary/aromatic N) is 1. The van der Waals surface area contributed by atoms with Crippen LogP contribution in [0.25, 0.3) is 0 Å². The summed E-state index contributed by atoms with van der Waals surface area (Å²) < 4.78 is 0. The summed E-state index contributed by atoms with van der Waals surface area (Å²) in [5.41, 5.74) is 2.98. The fraction of sp³-hybridized carbons (Fsp3) is 0.556. The van der Waals surface area contributed by atoms with Crippen molar-refractivity contribution in [2.45, 2.75) is 58.6 Å². The first-order chi connectivity index (χ1) is 10.9. The van der Waals surface area contributed by atoms with Gasteiger partial charge in [-0.15, -0.1) is 0 Å². The van der Waals surface area contributed by atoms with Crippen molar-refractivity contribution in [1.29, 1.82) is 0 Å². The third kappa shape index (κ3) is 4.32. The minimum atomic E-state index is -0.603. The minimum Gasteiger partial charge on any atom is -0.393 e. The first-order valence-corrected chi connectivity index (χ1v) is 8.32. The SMILES string of the molecule is CCc1cc(NC(=O)C(=O)N2CCCC2CC(C)O)ccc1C. The predicted molar refractivity (Wildman–Crippen MR) is 90.2 cm³/mol. The maximum Gasteiger partial charge on any atom is 0.313 e. The number of rotatable bonds is 4. The van der Waals surface area contributed by atoms with Crippen LogP contribution in [0.4, 0.5) is 5.69 Å². The lowest BCUT2D eigenvalue weighted by molar-refractivity contribution is -0.144. The Balaban J connectivity index is 2.03. The Morgan fingerprint density at radius 3 is 2.83 bits per heavy atom. The summed E-state index contributed by atoms with van der Waals surface area (Å²) in [7, 11) is 0. The molecule has 1 fully saturated rings. The van der Waals surface area contributed by atoms with Crippen molar-refractivity contribution in [2.24, 2.45) is 0 Å². The van der Waals surface area contributed by atoms with Gasteiger partial charge in [0.25, 0.3) is 0 Å². The molecule has 1 aromatic carbocycles. The van der Waals surface area contributed by atoms with E-state index in [4.69, 9.17) is 0 Å². The number of nitrogens with one attached hydrogen (secondary N) is 1. The molecule has 5 heteroatoms. The fourth-order valence-electron chi connectivity index (χ4n) is 3.19. The van der Waals surface area contributed by atoms with Gasteiger partial charge in [-0.1, -0.05) is 13.0 Å². The molecule has 5 nitrogen and oxygen atoms in total.